The summed E-state index contributed by atoms with van der Waals surface area (Å²) in [6, 6.07) is 5.72. The molecular weight excluding hydrogens is 382 g/mol. The van der Waals surface area contributed by atoms with E-state index in [1.165, 1.54) is 0 Å². The van der Waals surface area contributed by atoms with Gasteiger partial charge in [0.2, 0.25) is 0 Å². The lowest BCUT2D eigenvalue weighted by Crippen LogP contribution is -2.41. The van der Waals surface area contributed by atoms with Crippen LogP contribution in [0.4, 0.5) is 0 Å². The number of carbonyl (C=O) groups is 1. The van der Waals surface area contributed by atoms with Crippen molar-refractivity contribution >= 4 is 37.8 Å². The van der Waals surface area contributed by atoms with E-state index >= 15 is 0 Å². The lowest BCUT2D eigenvalue weighted by atomic mass is 9.75. The van der Waals surface area contributed by atoms with Gasteiger partial charge in [-0.1, -0.05) is 36.7 Å². The Morgan fingerprint density at radius 1 is 1.20 bits per heavy atom. The second-order valence-electron chi connectivity index (χ2n) is 6.56. The van der Waals surface area contributed by atoms with Crippen molar-refractivity contribution in [3.63, 3.8) is 0 Å². The topological polar surface area (TPSA) is 20.3 Å². The third-order valence-corrected chi connectivity index (χ3v) is 5.32. The van der Waals surface area contributed by atoms with Crippen LogP contribution in [0.5, 0.6) is 0 Å². The summed E-state index contributed by atoms with van der Waals surface area (Å²) in [7, 11) is 0. The maximum absolute atomic E-state index is 12.6. The van der Waals surface area contributed by atoms with E-state index < -0.39 is 0 Å². The summed E-state index contributed by atoms with van der Waals surface area (Å²) in [6.45, 7) is 8.61. The molecule has 2 rings (SSSR count). The summed E-state index contributed by atoms with van der Waals surface area (Å²) in [5.41, 5.74) is 1.09. The summed E-state index contributed by atoms with van der Waals surface area (Å²) in [5, 5.41) is 0. The van der Waals surface area contributed by atoms with Gasteiger partial charge in [-0.25, -0.2) is 0 Å². The SMILES string of the molecule is CC(C)(C)C1CCN(C(=O)c2ccc(Br)cc2Br)CC1. The largest absolute Gasteiger partial charge is 0.339 e. The van der Waals surface area contributed by atoms with Crippen LogP contribution >= 0.6 is 31.9 Å². The van der Waals surface area contributed by atoms with Crippen LogP contribution in [0.3, 0.4) is 0 Å². The van der Waals surface area contributed by atoms with Gasteiger partial charge in [-0.05, 0) is 58.3 Å². The molecule has 1 heterocycles. The third-order valence-electron chi connectivity index (χ3n) is 4.17. The first kappa shape index (κ1) is 16.0. The van der Waals surface area contributed by atoms with Gasteiger partial charge in [0, 0.05) is 22.0 Å². The maximum atomic E-state index is 12.6. The zero-order chi connectivity index (χ0) is 14.9. The standard InChI is InChI=1S/C16H21Br2NO/c1-16(2,3)11-6-8-19(9-7-11)15(20)13-5-4-12(17)10-14(13)18/h4-5,10-11H,6-9H2,1-3H3. The summed E-state index contributed by atoms with van der Waals surface area (Å²) in [6.07, 6.45) is 2.20. The number of carbonyl (C=O) groups excluding carboxylic acids is 1. The second kappa shape index (κ2) is 6.18. The van der Waals surface area contributed by atoms with Gasteiger partial charge < -0.3 is 4.90 Å². The Bertz CT molecular complexity index is 500. The third kappa shape index (κ3) is 3.64. The molecule has 0 spiro atoms. The van der Waals surface area contributed by atoms with Gasteiger partial charge in [-0.2, -0.15) is 0 Å². The predicted octanol–water partition coefficient (Wildman–Crippen LogP) is 5.11. The molecular formula is C16H21Br2NO. The Balaban J connectivity index is 2.05. The highest BCUT2D eigenvalue weighted by molar-refractivity contribution is 9.11. The van der Waals surface area contributed by atoms with Crippen LogP contribution in [0.2, 0.25) is 0 Å². The molecule has 1 amide bonds. The van der Waals surface area contributed by atoms with Crippen LogP contribution in [0.15, 0.2) is 27.1 Å². The molecule has 0 aromatic heterocycles. The predicted molar refractivity (Wildman–Crippen MR) is 89.9 cm³/mol. The quantitative estimate of drug-likeness (QED) is 0.639. The second-order valence-corrected chi connectivity index (χ2v) is 8.33. The number of benzene rings is 1. The number of piperidine rings is 1. The Labute approximate surface area is 138 Å². The van der Waals surface area contributed by atoms with Crippen molar-refractivity contribution in [1.82, 2.24) is 4.90 Å². The van der Waals surface area contributed by atoms with E-state index in [2.05, 4.69) is 52.6 Å². The Morgan fingerprint density at radius 2 is 1.80 bits per heavy atom. The van der Waals surface area contributed by atoms with Gasteiger partial charge in [-0.15, -0.1) is 0 Å². The number of nitrogens with zero attached hydrogens (tertiary/aromatic N) is 1. The van der Waals surface area contributed by atoms with Gasteiger partial charge in [0.15, 0.2) is 0 Å². The van der Waals surface area contributed by atoms with Crippen LogP contribution in [-0.2, 0) is 0 Å². The molecule has 1 aromatic carbocycles. The van der Waals surface area contributed by atoms with E-state index in [0.717, 1.165) is 40.4 Å². The molecule has 2 nitrogen and oxygen atoms in total. The molecule has 110 valence electrons. The molecule has 1 aliphatic heterocycles. The van der Waals surface area contributed by atoms with Crippen LogP contribution in [0.1, 0.15) is 44.0 Å². The normalized spacial score (nSPS) is 17.4. The van der Waals surface area contributed by atoms with E-state index in [1.807, 2.05) is 23.1 Å². The fraction of sp³-hybridized carbons (Fsp3) is 0.562. The van der Waals surface area contributed by atoms with Crippen molar-refractivity contribution < 1.29 is 4.79 Å². The van der Waals surface area contributed by atoms with E-state index in [-0.39, 0.29) is 5.91 Å². The zero-order valence-electron chi connectivity index (χ0n) is 12.2. The average Bonchev–Trinajstić information content (AvgIpc) is 2.37. The number of halogens is 2. The van der Waals surface area contributed by atoms with Crippen LogP contribution in [0, 0.1) is 11.3 Å². The van der Waals surface area contributed by atoms with Crippen LogP contribution < -0.4 is 0 Å². The summed E-state index contributed by atoms with van der Waals surface area (Å²) in [5.74, 6) is 0.844. The molecule has 0 bridgehead atoms. The molecule has 20 heavy (non-hydrogen) atoms. The first-order chi connectivity index (χ1) is 9.29. The van der Waals surface area contributed by atoms with Crippen molar-refractivity contribution in [3.8, 4) is 0 Å². The summed E-state index contributed by atoms with van der Waals surface area (Å²) in [4.78, 5) is 14.6. The minimum absolute atomic E-state index is 0.136. The minimum Gasteiger partial charge on any atom is -0.339 e. The molecule has 1 saturated heterocycles. The first-order valence-electron chi connectivity index (χ1n) is 7.03. The summed E-state index contributed by atoms with van der Waals surface area (Å²) >= 11 is 6.90. The molecule has 4 heteroatoms. The Morgan fingerprint density at radius 3 is 2.30 bits per heavy atom. The summed E-state index contributed by atoms with van der Waals surface area (Å²) < 4.78 is 1.84. The number of amides is 1. The molecule has 1 aliphatic rings. The first-order valence-corrected chi connectivity index (χ1v) is 8.62. The zero-order valence-corrected chi connectivity index (χ0v) is 15.4. The van der Waals surface area contributed by atoms with E-state index in [0.29, 0.717) is 11.3 Å². The fourth-order valence-electron chi connectivity index (χ4n) is 2.78. The van der Waals surface area contributed by atoms with Crippen molar-refractivity contribution in [2.45, 2.75) is 33.6 Å². The lowest BCUT2D eigenvalue weighted by Gasteiger charge is -2.38. The Hall–Kier alpha value is -0.350. The molecule has 0 unspecified atom stereocenters. The monoisotopic (exact) mass is 401 g/mol. The fourth-order valence-corrected chi connectivity index (χ4v) is 4.00. The van der Waals surface area contributed by atoms with E-state index in [1.54, 1.807) is 0 Å². The molecule has 1 aromatic rings. The van der Waals surface area contributed by atoms with Gasteiger partial charge in [0.1, 0.15) is 0 Å². The van der Waals surface area contributed by atoms with Gasteiger partial charge in [0.25, 0.3) is 5.91 Å². The minimum atomic E-state index is 0.136. The molecule has 0 N–H and O–H groups in total. The van der Waals surface area contributed by atoms with Gasteiger partial charge in [-0.3, -0.25) is 4.79 Å². The van der Waals surface area contributed by atoms with Crippen molar-refractivity contribution in [2.75, 3.05) is 13.1 Å². The van der Waals surface area contributed by atoms with Crippen molar-refractivity contribution in [3.05, 3.63) is 32.7 Å². The van der Waals surface area contributed by atoms with E-state index in [9.17, 15) is 4.79 Å². The Kier molecular flexibility index (Phi) is 4.96. The number of hydrogen-bond acceptors (Lipinski definition) is 1. The highest BCUT2D eigenvalue weighted by Gasteiger charge is 2.31. The smallest absolute Gasteiger partial charge is 0.254 e. The molecule has 1 fully saturated rings. The molecule has 0 radical (unpaired) electrons. The van der Waals surface area contributed by atoms with Crippen molar-refractivity contribution in [1.29, 1.82) is 0 Å². The highest BCUT2D eigenvalue weighted by Crippen LogP contribution is 2.35. The van der Waals surface area contributed by atoms with Crippen LogP contribution in [-0.4, -0.2) is 23.9 Å². The van der Waals surface area contributed by atoms with Crippen LogP contribution in [0.25, 0.3) is 0 Å². The molecule has 0 aliphatic carbocycles. The maximum Gasteiger partial charge on any atom is 0.254 e. The average molecular weight is 403 g/mol. The lowest BCUT2D eigenvalue weighted by molar-refractivity contribution is 0.0608. The number of hydrogen-bond donors (Lipinski definition) is 0. The number of rotatable bonds is 1. The molecule has 0 saturated carbocycles. The van der Waals surface area contributed by atoms with E-state index in [4.69, 9.17) is 0 Å². The number of likely N-dealkylation sites (tertiary alicyclic amines) is 1. The van der Waals surface area contributed by atoms with Gasteiger partial charge >= 0.3 is 0 Å². The highest BCUT2D eigenvalue weighted by atomic mass is 79.9. The molecule has 0 atom stereocenters. The van der Waals surface area contributed by atoms with Crippen molar-refractivity contribution in [2.24, 2.45) is 11.3 Å². The van der Waals surface area contributed by atoms with Gasteiger partial charge in [0.05, 0.1) is 5.56 Å².